The summed E-state index contributed by atoms with van der Waals surface area (Å²) in [7, 11) is 0. The van der Waals surface area contributed by atoms with Crippen molar-refractivity contribution in [2.45, 2.75) is 19.3 Å². The molecule has 2 aromatic carbocycles. The average Bonchev–Trinajstić information content (AvgIpc) is 3.54. The first-order chi connectivity index (χ1) is 16.7. The molecule has 3 aromatic rings. The van der Waals surface area contributed by atoms with Gasteiger partial charge in [0.2, 0.25) is 0 Å². The molecule has 0 unspecified atom stereocenters. The Balaban J connectivity index is 1.20. The number of morpholine rings is 1. The summed E-state index contributed by atoms with van der Waals surface area (Å²) < 4.78 is 10.9. The molecule has 176 valence electrons. The molecule has 2 heterocycles. The lowest BCUT2D eigenvalue weighted by molar-refractivity contribution is 0.0378. The second-order valence-corrected chi connectivity index (χ2v) is 8.68. The summed E-state index contributed by atoms with van der Waals surface area (Å²) in [6.45, 7) is 5.58. The molecule has 2 aliphatic rings. The zero-order valence-electron chi connectivity index (χ0n) is 19.1. The molecule has 1 aliphatic heterocycles. The van der Waals surface area contributed by atoms with E-state index >= 15 is 0 Å². The van der Waals surface area contributed by atoms with E-state index in [1.807, 2.05) is 30.3 Å². The van der Waals surface area contributed by atoms with Crippen LogP contribution in [-0.4, -0.2) is 56.0 Å². The third-order valence-corrected chi connectivity index (χ3v) is 6.46. The highest BCUT2D eigenvalue weighted by Crippen LogP contribution is 2.37. The molecule has 7 heteroatoms. The number of carbonyl (C=O) groups is 2. The molecule has 34 heavy (non-hydrogen) atoms. The van der Waals surface area contributed by atoms with E-state index in [9.17, 15) is 9.59 Å². The van der Waals surface area contributed by atoms with Gasteiger partial charge in [0.15, 0.2) is 5.78 Å². The maximum absolute atomic E-state index is 12.9. The Morgan fingerprint density at radius 1 is 1.00 bits per heavy atom. The summed E-state index contributed by atoms with van der Waals surface area (Å²) in [4.78, 5) is 27.9. The lowest BCUT2D eigenvalue weighted by atomic mass is 9.99. The molecule has 0 atom stereocenters. The van der Waals surface area contributed by atoms with Crippen LogP contribution in [0.5, 0.6) is 0 Å². The van der Waals surface area contributed by atoms with Gasteiger partial charge in [-0.2, -0.15) is 0 Å². The van der Waals surface area contributed by atoms with Gasteiger partial charge >= 0.3 is 0 Å². The van der Waals surface area contributed by atoms with Crippen LogP contribution in [0.25, 0.3) is 11.3 Å². The summed E-state index contributed by atoms with van der Waals surface area (Å²) in [5.41, 5.74) is 4.54. The van der Waals surface area contributed by atoms with Gasteiger partial charge in [0, 0.05) is 48.4 Å². The third kappa shape index (κ3) is 4.90. The van der Waals surface area contributed by atoms with Gasteiger partial charge in [0.25, 0.3) is 5.91 Å². The second-order valence-electron chi connectivity index (χ2n) is 8.68. The minimum absolute atomic E-state index is 0.0512. The number of nitrogens with one attached hydrogen (secondary N) is 2. The van der Waals surface area contributed by atoms with Crippen molar-refractivity contribution in [3.8, 4) is 11.3 Å². The molecule has 1 fully saturated rings. The van der Waals surface area contributed by atoms with Crippen LogP contribution in [0.15, 0.2) is 59.2 Å². The van der Waals surface area contributed by atoms with E-state index in [0.29, 0.717) is 29.7 Å². The number of hydrogen-bond acceptors (Lipinski definition) is 6. The van der Waals surface area contributed by atoms with Crippen LogP contribution in [0, 0.1) is 0 Å². The Morgan fingerprint density at radius 2 is 1.82 bits per heavy atom. The molecule has 5 rings (SSSR count). The number of Topliss-reactive ketones (excluding diaryl/α,β-unsaturated/α-hetero) is 1. The number of ether oxygens (including phenoxy) is 1. The number of amides is 1. The van der Waals surface area contributed by atoms with E-state index in [-0.39, 0.29) is 11.7 Å². The number of furan rings is 1. The molecular formula is C27H29N3O4. The minimum Gasteiger partial charge on any atom is -0.464 e. The Bertz CT molecular complexity index is 1150. The predicted octanol–water partition coefficient (Wildman–Crippen LogP) is 4.46. The average molecular weight is 460 g/mol. The maximum Gasteiger partial charge on any atom is 0.255 e. The molecule has 1 saturated heterocycles. The molecule has 1 amide bonds. The summed E-state index contributed by atoms with van der Waals surface area (Å²) in [6, 6.07) is 14.9. The molecule has 2 N–H and O–H groups in total. The van der Waals surface area contributed by atoms with Crippen molar-refractivity contribution in [2.75, 3.05) is 50.0 Å². The number of fused-ring (bicyclic) bond motifs is 1. The Morgan fingerprint density at radius 3 is 2.59 bits per heavy atom. The number of ketones is 1. The van der Waals surface area contributed by atoms with E-state index in [1.165, 1.54) is 0 Å². The van der Waals surface area contributed by atoms with Crippen LogP contribution < -0.4 is 10.6 Å². The quantitative estimate of drug-likeness (QED) is 0.484. The smallest absolute Gasteiger partial charge is 0.255 e. The topological polar surface area (TPSA) is 83.8 Å². The highest BCUT2D eigenvalue weighted by molar-refractivity contribution is 6.12. The zero-order valence-corrected chi connectivity index (χ0v) is 19.1. The lowest BCUT2D eigenvalue weighted by Gasteiger charge is -2.26. The number of rotatable bonds is 8. The molecule has 7 nitrogen and oxygen atoms in total. The van der Waals surface area contributed by atoms with E-state index in [0.717, 1.165) is 68.4 Å². The van der Waals surface area contributed by atoms with E-state index in [2.05, 4.69) is 15.5 Å². The van der Waals surface area contributed by atoms with Crippen LogP contribution >= 0.6 is 0 Å². The normalized spacial score (nSPS) is 15.8. The largest absolute Gasteiger partial charge is 0.464 e. The van der Waals surface area contributed by atoms with Crippen LogP contribution in [0.3, 0.4) is 0 Å². The summed E-state index contributed by atoms with van der Waals surface area (Å²) in [5, 5.41) is 6.36. The highest BCUT2D eigenvalue weighted by Gasteiger charge is 2.27. The fourth-order valence-corrected chi connectivity index (χ4v) is 4.65. The molecule has 1 aromatic heterocycles. The third-order valence-electron chi connectivity index (χ3n) is 6.46. The first-order valence-corrected chi connectivity index (χ1v) is 11.9. The number of nitrogens with zero attached hydrogens (tertiary/aromatic N) is 1. The predicted molar refractivity (Wildman–Crippen MR) is 132 cm³/mol. The highest BCUT2D eigenvalue weighted by atomic mass is 16.5. The van der Waals surface area contributed by atoms with Gasteiger partial charge in [0.05, 0.1) is 25.2 Å². The Kier molecular flexibility index (Phi) is 6.74. The van der Waals surface area contributed by atoms with Gasteiger partial charge in [0.1, 0.15) is 5.76 Å². The molecule has 0 bridgehead atoms. The van der Waals surface area contributed by atoms with Gasteiger partial charge in [-0.3, -0.25) is 14.5 Å². The first-order valence-electron chi connectivity index (χ1n) is 11.9. The van der Waals surface area contributed by atoms with E-state index < -0.39 is 0 Å². The molecule has 0 saturated carbocycles. The van der Waals surface area contributed by atoms with Crippen molar-refractivity contribution < 1.29 is 18.7 Å². The van der Waals surface area contributed by atoms with Gasteiger partial charge in [-0.1, -0.05) is 0 Å². The van der Waals surface area contributed by atoms with Crippen molar-refractivity contribution in [1.29, 1.82) is 0 Å². The summed E-state index contributed by atoms with van der Waals surface area (Å²) in [5.74, 6) is 0.554. The number of hydrogen-bond donors (Lipinski definition) is 2. The Labute approximate surface area is 199 Å². The Hall–Kier alpha value is -3.42. The molecule has 0 radical (unpaired) electrons. The molecule has 1 aliphatic carbocycles. The number of benzene rings is 2. The summed E-state index contributed by atoms with van der Waals surface area (Å²) in [6.07, 6.45) is 3.77. The van der Waals surface area contributed by atoms with Crippen LogP contribution in [-0.2, 0) is 11.2 Å². The van der Waals surface area contributed by atoms with Crippen LogP contribution in [0.2, 0.25) is 0 Å². The van der Waals surface area contributed by atoms with E-state index in [1.54, 1.807) is 24.5 Å². The van der Waals surface area contributed by atoms with Crippen molar-refractivity contribution >= 4 is 23.1 Å². The van der Waals surface area contributed by atoms with E-state index in [4.69, 9.17) is 9.15 Å². The molecule has 0 spiro atoms. The van der Waals surface area contributed by atoms with Gasteiger partial charge in [-0.05, 0) is 73.5 Å². The van der Waals surface area contributed by atoms with Gasteiger partial charge in [-0.15, -0.1) is 0 Å². The van der Waals surface area contributed by atoms with Crippen molar-refractivity contribution in [1.82, 2.24) is 4.90 Å². The monoisotopic (exact) mass is 459 g/mol. The molecular weight excluding hydrogens is 430 g/mol. The maximum atomic E-state index is 12.9. The lowest BCUT2D eigenvalue weighted by Crippen LogP contribution is -2.37. The van der Waals surface area contributed by atoms with Crippen molar-refractivity contribution in [2.24, 2.45) is 0 Å². The minimum atomic E-state index is -0.230. The van der Waals surface area contributed by atoms with Gasteiger partial charge < -0.3 is 19.8 Å². The zero-order chi connectivity index (χ0) is 23.3. The number of anilines is 2. The number of carbonyl (C=O) groups excluding carboxylic acids is 2. The van der Waals surface area contributed by atoms with Crippen molar-refractivity contribution in [3.05, 3.63) is 71.5 Å². The van der Waals surface area contributed by atoms with Crippen LogP contribution in [0.4, 0.5) is 11.4 Å². The summed E-state index contributed by atoms with van der Waals surface area (Å²) >= 11 is 0. The first kappa shape index (κ1) is 22.4. The second kappa shape index (κ2) is 10.2. The standard InChI is InChI=1S/C27H29N3O4/c31-24-11-9-22-21(25-3-1-16-34-25)8-10-23(26(22)24)29-27(32)19-4-6-20(7-5-19)28-12-2-13-30-14-17-33-18-15-30/h1,3-8,10,16,28H,2,9,11-15,17-18H2,(H,29,32). The van der Waals surface area contributed by atoms with Gasteiger partial charge in [-0.25, -0.2) is 0 Å². The fraction of sp³-hybridized carbons (Fsp3) is 0.333. The SMILES string of the molecule is O=C(Nc1ccc(-c2ccco2)c2c1C(=O)CC2)c1ccc(NCCCN2CCOCC2)cc1. The fourth-order valence-electron chi connectivity index (χ4n) is 4.65. The van der Waals surface area contributed by atoms with Crippen molar-refractivity contribution in [3.63, 3.8) is 0 Å². The van der Waals surface area contributed by atoms with Crippen LogP contribution in [0.1, 0.15) is 39.1 Å².